The van der Waals surface area contributed by atoms with Crippen molar-refractivity contribution in [1.82, 2.24) is 0 Å². The molecule has 0 aliphatic rings. The van der Waals surface area contributed by atoms with Gasteiger partial charge in [0.05, 0.1) is 0 Å². The fourth-order valence-electron chi connectivity index (χ4n) is 1.68. The molecule has 0 heterocycles. The highest BCUT2D eigenvalue weighted by molar-refractivity contribution is 7.86. The molecule has 2 aromatic rings. The summed E-state index contributed by atoms with van der Waals surface area (Å²) in [6.07, 6.45) is 0. The van der Waals surface area contributed by atoms with Crippen molar-refractivity contribution in [1.29, 1.82) is 0 Å². The van der Waals surface area contributed by atoms with E-state index in [-0.39, 0.29) is 4.90 Å². The van der Waals surface area contributed by atoms with Gasteiger partial charge < -0.3 is 0 Å². The van der Waals surface area contributed by atoms with Crippen LogP contribution < -0.4 is 0 Å². The topological polar surface area (TPSA) is 54.4 Å². The van der Waals surface area contributed by atoms with Crippen LogP contribution in [0, 0.1) is 0 Å². The highest BCUT2D eigenvalue weighted by atomic mass is 35.5. The summed E-state index contributed by atoms with van der Waals surface area (Å²) < 4.78 is 31.4. The quantitative estimate of drug-likeness (QED) is 0.664. The molecule has 2 aromatic carbocycles. The SMILES string of the molecule is O=S(=O)(O)c1ccc(CCl)c2ccccc12. The molecule has 0 saturated carbocycles. The van der Waals surface area contributed by atoms with Gasteiger partial charge in [0.25, 0.3) is 10.1 Å². The number of rotatable bonds is 2. The zero-order chi connectivity index (χ0) is 11.8. The zero-order valence-electron chi connectivity index (χ0n) is 8.22. The smallest absolute Gasteiger partial charge is 0.282 e. The largest absolute Gasteiger partial charge is 0.295 e. The highest BCUT2D eigenvalue weighted by Crippen LogP contribution is 2.26. The standard InChI is InChI=1S/C11H9ClO3S/c12-7-8-5-6-11(16(13,14)15)10-4-2-1-3-9(8)10/h1-6H,7H2,(H,13,14,15). The first kappa shape index (κ1) is 11.4. The maximum Gasteiger partial charge on any atom is 0.295 e. The molecule has 0 amide bonds. The van der Waals surface area contributed by atoms with Gasteiger partial charge in [0.1, 0.15) is 4.90 Å². The number of fused-ring (bicyclic) bond motifs is 1. The molecule has 0 bridgehead atoms. The van der Waals surface area contributed by atoms with E-state index in [4.69, 9.17) is 16.2 Å². The fourth-order valence-corrected chi connectivity index (χ4v) is 2.60. The Labute approximate surface area is 98.4 Å². The van der Waals surface area contributed by atoms with Gasteiger partial charge in [-0.1, -0.05) is 30.3 Å². The highest BCUT2D eigenvalue weighted by Gasteiger charge is 2.14. The predicted octanol–water partition coefficient (Wildman–Crippen LogP) is 2.83. The minimum atomic E-state index is -4.20. The van der Waals surface area contributed by atoms with E-state index >= 15 is 0 Å². The lowest BCUT2D eigenvalue weighted by atomic mass is 10.1. The minimum Gasteiger partial charge on any atom is -0.282 e. The first-order valence-corrected chi connectivity index (χ1v) is 6.55. The molecular formula is C11H9ClO3S. The Bertz CT molecular complexity index is 635. The number of hydrogen-bond acceptors (Lipinski definition) is 2. The normalized spacial score (nSPS) is 11.9. The van der Waals surface area contributed by atoms with Crippen LogP contribution in [0.15, 0.2) is 41.3 Å². The van der Waals surface area contributed by atoms with Gasteiger partial charge in [0, 0.05) is 11.3 Å². The van der Waals surface area contributed by atoms with Crippen LogP contribution in [0.25, 0.3) is 10.8 Å². The second kappa shape index (κ2) is 4.05. The predicted molar refractivity (Wildman–Crippen MR) is 63.3 cm³/mol. The van der Waals surface area contributed by atoms with Crippen molar-refractivity contribution in [3.63, 3.8) is 0 Å². The number of halogens is 1. The molecule has 0 aliphatic carbocycles. The van der Waals surface area contributed by atoms with Gasteiger partial charge >= 0.3 is 0 Å². The van der Waals surface area contributed by atoms with E-state index in [1.54, 1.807) is 30.3 Å². The molecule has 3 nitrogen and oxygen atoms in total. The van der Waals surface area contributed by atoms with Gasteiger partial charge in [-0.25, -0.2) is 0 Å². The van der Waals surface area contributed by atoms with Crippen LogP contribution in [0.3, 0.4) is 0 Å². The molecule has 0 aliphatic heterocycles. The van der Waals surface area contributed by atoms with E-state index in [1.807, 2.05) is 0 Å². The van der Waals surface area contributed by atoms with Gasteiger partial charge in [-0.2, -0.15) is 8.42 Å². The molecule has 1 N–H and O–H groups in total. The average molecular weight is 257 g/mol. The Morgan fingerprint density at radius 2 is 1.69 bits per heavy atom. The summed E-state index contributed by atoms with van der Waals surface area (Å²) in [5.41, 5.74) is 0.838. The summed E-state index contributed by atoms with van der Waals surface area (Å²) in [5.74, 6) is 0.298. The van der Waals surface area contributed by atoms with Crippen molar-refractivity contribution >= 4 is 32.5 Å². The lowest BCUT2D eigenvalue weighted by Crippen LogP contribution is -1.99. The molecule has 2 rings (SSSR count). The zero-order valence-corrected chi connectivity index (χ0v) is 9.79. The maximum atomic E-state index is 11.2. The first-order chi connectivity index (χ1) is 7.54. The molecule has 5 heteroatoms. The number of benzene rings is 2. The van der Waals surface area contributed by atoms with Crippen LogP contribution in [-0.4, -0.2) is 13.0 Å². The van der Waals surface area contributed by atoms with E-state index < -0.39 is 10.1 Å². The number of hydrogen-bond donors (Lipinski definition) is 1. The second-order valence-electron chi connectivity index (χ2n) is 3.38. The van der Waals surface area contributed by atoms with E-state index in [2.05, 4.69) is 0 Å². The van der Waals surface area contributed by atoms with Crippen LogP contribution in [0.2, 0.25) is 0 Å². The third kappa shape index (κ3) is 1.91. The summed E-state index contributed by atoms with van der Waals surface area (Å²) in [6.45, 7) is 0. The van der Waals surface area contributed by atoms with Crippen molar-refractivity contribution in [3.8, 4) is 0 Å². The lowest BCUT2D eigenvalue weighted by Gasteiger charge is -2.07. The molecule has 0 radical (unpaired) electrons. The van der Waals surface area contributed by atoms with Crippen molar-refractivity contribution in [3.05, 3.63) is 42.0 Å². The van der Waals surface area contributed by atoms with E-state index in [1.165, 1.54) is 6.07 Å². The van der Waals surface area contributed by atoms with Crippen molar-refractivity contribution in [2.75, 3.05) is 0 Å². The molecular weight excluding hydrogens is 248 g/mol. The second-order valence-corrected chi connectivity index (χ2v) is 5.03. The first-order valence-electron chi connectivity index (χ1n) is 4.58. The van der Waals surface area contributed by atoms with Gasteiger partial charge in [-0.3, -0.25) is 4.55 Å². The Morgan fingerprint density at radius 3 is 2.25 bits per heavy atom. The Morgan fingerprint density at radius 1 is 1.06 bits per heavy atom. The van der Waals surface area contributed by atoms with Crippen LogP contribution in [-0.2, 0) is 16.0 Å². The van der Waals surface area contributed by atoms with Gasteiger partial charge in [-0.05, 0) is 17.0 Å². The molecule has 16 heavy (non-hydrogen) atoms. The Hall–Kier alpha value is -1.10. The third-order valence-electron chi connectivity index (χ3n) is 2.40. The maximum absolute atomic E-state index is 11.2. The Balaban J connectivity index is 2.91. The van der Waals surface area contributed by atoms with Gasteiger partial charge in [0.15, 0.2) is 0 Å². The molecule has 0 aromatic heterocycles. The van der Waals surface area contributed by atoms with Crippen LogP contribution in [0.1, 0.15) is 5.56 Å². The Kier molecular flexibility index (Phi) is 2.88. The molecule has 0 unspecified atom stereocenters. The monoisotopic (exact) mass is 256 g/mol. The van der Waals surface area contributed by atoms with Crippen molar-refractivity contribution in [2.45, 2.75) is 10.8 Å². The fraction of sp³-hybridized carbons (Fsp3) is 0.0909. The number of alkyl halides is 1. The summed E-state index contributed by atoms with van der Waals surface area (Å²) >= 11 is 5.76. The molecule has 0 spiro atoms. The van der Waals surface area contributed by atoms with Crippen molar-refractivity contribution in [2.24, 2.45) is 0 Å². The molecule has 84 valence electrons. The van der Waals surface area contributed by atoms with Crippen LogP contribution in [0.4, 0.5) is 0 Å². The molecule has 0 atom stereocenters. The van der Waals surface area contributed by atoms with E-state index in [9.17, 15) is 8.42 Å². The summed E-state index contributed by atoms with van der Waals surface area (Å²) in [6, 6.07) is 9.92. The van der Waals surface area contributed by atoms with Gasteiger partial charge in [-0.15, -0.1) is 11.6 Å². The molecule has 0 fully saturated rings. The molecule has 0 saturated heterocycles. The van der Waals surface area contributed by atoms with Crippen LogP contribution in [0.5, 0.6) is 0 Å². The van der Waals surface area contributed by atoms with E-state index in [0.29, 0.717) is 11.3 Å². The summed E-state index contributed by atoms with van der Waals surface area (Å²) in [4.78, 5) is -0.0861. The minimum absolute atomic E-state index is 0.0861. The van der Waals surface area contributed by atoms with E-state index in [0.717, 1.165) is 10.9 Å². The lowest BCUT2D eigenvalue weighted by molar-refractivity contribution is 0.484. The summed E-state index contributed by atoms with van der Waals surface area (Å²) in [5, 5.41) is 1.23. The van der Waals surface area contributed by atoms with Crippen molar-refractivity contribution < 1.29 is 13.0 Å². The average Bonchev–Trinajstić information content (AvgIpc) is 2.26. The van der Waals surface area contributed by atoms with Gasteiger partial charge in [0.2, 0.25) is 0 Å². The third-order valence-corrected chi connectivity index (χ3v) is 3.60. The van der Waals surface area contributed by atoms with Crippen LogP contribution >= 0.6 is 11.6 Å². The summed E-state index contributed by atoms with van der Waals surface area (Å²) in [7, 11) is -4.20.